The highest BCUT2D eigenvalue weighted by Crippen LogP contribution is 2.29. The van der Waals surface area contributed by atoms with Crippen molar-refractivity contribution in [2.75, 3.05) is 0 Å². The predicted octanol–water partition coefficient (Wildman–Crippen LogP) is 3.76. The lowest BCUT2D eigenvalue weighted by molar-refractivity contribution is 0.220. The van der Waals surface area contributed by atoms with Gasteiger partial charge in [-0.1, -0.05) is 25.1 Å². The third-order valence-corrected chi connectivity index (χ3v) is 2.40. The van der Waals surface area contributed by atoms with Crippen molar-refractivity contribution in [3.8, 4) is 0 Å². The van der Waals surface area contributed by atoms with Crippen LogP contribution in [0.5, 0.6) is 0 Å². The first-order valence-electron chi connectivity index (χ1n) is 4.74. The highest BCUT2D eigenvalue weighted by molar-refractivity contribution is 5.37. The second kappa shape index (κ2) is 3.49. The highest BCUT2D eigenvalue weighted by Gasteiger charge is 2.21. The molecule has 0 aliphatic carbocycles. The maximum atomic E-state index is 13.7. The van der Waals surface area contributed by atoms with E-state index in [0.29, 0.717) is 0 Å². The average Bonchev–Trinajstić information content (AvgIpc) is 2.02. The Bertz CT molecular complexity index is 294. The van der Waals surface area contributed by atoms with Gasteiger partial charge in [0.25, 0.3) is 0 Å². The van der Waals surface area contributed by atoms with Crippen molar-refractivity contribution in [2.24, 2.45) is 0 Å². The topological polar surface area (TPSA) is 0 Å². The first-order chi connectivity index (χ1) is 5.96. The summed E-state index contributed by atoms with van der Waals surface area (Å²) >= 11 is 0. The molecule has 0 aliphatic rings. The van der Waals surface area contributed by atoms with Gasteiger partial charge in [-0.2, -0.15) is 0 Å². The second-order valence-electron chi connectivity index (χ2n) is 3.93. The molecule has 0 saturated carbocycles. The molecule has 1 aromatic rings. The van der Waals surface area contributed by atoms with Crippen LogP contribution < -0.4 is 0 Å². The lowest BCUT2D eigenvalue weighted by atomic mass is 9.90. The zero-order chi connectivity index (χ0) is 10.1. The molecule has 0 amide bonds. The van der Waals surface area contributed by atoms with Crippen LogP contribution in [0.2, 0.25) is 0 Å². The second-order valence-corrected chi connectivity index (χ2v) is 3.93. The Morgan fingerprint density at radius 1 is 1.31 bits per heavy atom. The summed E-state index contributed by atoms with van der Waals surface area (Å²) < 4.78 is 13.7. The van der Waals surface area contributed by atoms with E-state index in [1.807, 2.05) is 25.1 Å². The van der Waals surface area contributed by atoms with Crippen LogP contribution in [0.4, 0.5) is 4.39 Å². The van der Waals surface area contributed by atoms with E-state index in [2.05, 4.69) is 6.92 Å². The number of hydrogen-bond acceptors (Lipinski definition) is 0. The largest absolute Gasteiger partial charge is 0.239 e. The van der Waals surface area contributed by atoms with Crippen molar-refractivity contribution in [1.82, 2.24) is 0 Å². The van der Waals surface area contributed by atoms with Crippen LogP contribution in [0, 0.1) is 6.92 Å². The normalized spacial score (nSPS) is 11.8. The molecule has 0 unspecified atom stereocenters. The average molecular weight is 180 g/mol. The van der Waals surface area contributed by atoms with Gasteiger partial charge in [0.2, 0.25) is 0 Å². The zero-order valence-electron chi connectivity index (χ0n) is 8.82. The SMILES string of the molecule is CCc1c(C)cccc1C(C)(C)F. The van der Waals surface area contributed by atoms with Gasteiger partial charge >= 0.3 is 0 Å². The van der Waals surface area contributed by atoms with E-state index in [1.54, 1.807) is 13.8 Å². The fraction of sp³-hybridized carbons (Fsp3) is 0.500. The number of hydrogen-bond donors (Lipinski definition) is 0. The minimum atomic E-state index is -1.22. The Kier molecular flexibility index (Phi) is 2.74. The van der Waals surface area contributed by atoms with Crippen molar-refractivity contribution in [3.63, 3.8) is 0 Å². The summed E-state index contributed by atoms with van der Waals surface area (Å²) in [4.78, 5) is 0. The molecular formula is C12H17F. The van der Waals surface area contributed by atoms with E-state index in [4.69, 9.17) is 0 Å². The maximum Gasteiger partial charge on any atom is 0.130 e. The lowest BCUT2D eigenvalue weighted by Gasteiger charge is -2.20. The molecular weight excluding hydrogens is 163 g/mol. The van der Waals surface area contributed by atoms with Crippen LogP contribution in [-0.2, 0) is 12.1 Å². The molecule has 0 nitrogen and oxygen atoms in total. The fourth-order valence-electron chi connectivity index (χ4n) is 1.73. The van der Waals surface area contributed by atoms with Crippen LogP contribution in [0.15, 0.2) is 18.2 Å². The smallest absolute Gasteiger partial charge is 0.130 e. The molecule has 0 atom stereocenters. The molecule has 13 heavy (non-hydrogen) atoms. The minimum absolute atomic E-state index is 0.829. The standard InChI is InChI=1S/C12H17F/c1-5-10-9(2)7-6-8-11(10)12(3,4)13/h6-8H,5H2,1-4H3. The molecule has 0 N–H and O–H groups in total. The van der Waals surface area contributed by atoms with Gasteiger partial charge in [-0.3, -0.25) is 0 Å². The van der Waals surface area contributed by atoms with E-state index >= 15 is 0 Å². The Morgan fingerprint density at radius 2 is 1.92 bits per heavy atom. The Balaban J connectivity index is 3.29. The van der Waals surface area contributed by atoms with E-state index in [-0.39, 0.29) is 0 Å². The van der Waals surface area contributed by atoms with E-state index in [0.717, 1.165) is 17.5 Å². The van der Waals surface area contributed by atoms with Crippen LogP contribution >= 0.6 is 0 Å². The summed E-state index contributed by atoms with van der Waals surface area (Å²) in [5, 5.41) is 0. The molecule has 0 spiro atoms. The van der Waals surface area contributed by atoms with Crippen LogP contribution in [0.3, 0.4) is 0 Å². The monoisotopic (exact) mass is 180 g/mol. The molecule has 0 fully saturated rings. The van der Waals surface area contributed by atoms with Crippen molar-refractivity contribution < 1.29 is 4.39 Å². The first kappa shape index (κ1) is 10.2. The van der Waals surface area contributed by atoms with Gasteiger partial charge < -0.3 is 0 Å². The molecule has 0 bridgehead atoms. The maximum absolute atomic E-state index is 13.7. The summed E-state index contributed by atoms with van der Waals surface area (Å²) in [5.41, 5.74) is 1.94. The van der Waals surface area contributed by atoms with Crippen molar-refractivity contribution in [1.29, 1.82) is 0 Å². The zero-order valence-corrected chi connectivity index (χ0v) is 8.82. The highest BCUT2D eigenvalue weighted by atomic mass is 19.1. The molecule has 0 saturated heterocycles. The molecule has 1 aromatic carbocycles. The van der Waals surface area contributed by atoms with E-state index < -0.39 is 5.67 Å². The van der Waals surface area contributed by atoms with Crippen LogP contribution in [0.1, 0.15) is 37.5 Å². The van der Waals surface area contributed by atoms with Crippen molar-refractivity contribution >= 4 is 0 Å². The number of aryl methyl sites for hydroxylation is 1. The Hall–Kier alpha value is -0.850. The molecule has 0 heterocycles. The van der Waals surface area contributed by atoms with Gasteiger partial charge in [-0.25, -0.2) is 4.39 Å². The summed E-state index contributed by atoms with van der Waals surface area (Å²) in [5.74, 6) is 0. The van der Waals surface area contributed by atoms with Gasteiger partial charge in [-0.15, -0.1) is 0 Å². The van der Waals surface area contributed by atoms with E-state index in [9.17, 15) is 4.39 Å². The van der Waals surface area contributed by atoms with E-state index in [1.165, 1.54) is 5.56 Å². The summed E-state index contributed by atoms with van der Waals surface area (Å²) in [6, 6.07) is 5.84. The summed E-state index contributed by atoms with van der Waals surface area (Å²) in [6.45, 7) is 7.33. The van der Waals surface area contributed by atoms with Crippen LogP contribution in [-0.4, -0.2) is 0 Å². The number of halogens is 1. The lowest BCUT2D eigenvalue weighted by Crippen LogP contribution is -2.12. The Morgan fingerprint density at radius 3 is 2.31 bits per heavy atom. The van der Waals surface area contributed by atoms with Crippen molar-refractivity contribution in [3.05, 3.63) is 34.9 Å². The molecule has 0 radical (unpaired) electrons. The molecule has 0 aromatic heterocycles. The summed E-state index contributed by atoms with van der Waals surface area (Å²) in [7, 11) is 0. The van der Waals surface area contributed by atoms with Gasteiger partial charge in [-0.05, 0) is 43.9 Å². The molecule has 1 heteroatoms. The fourth-order valence-corrected chi connectivity index (χ4v) is 1.73. The third kappa shape index (κ3) is 2.09. The summed E-state index contributed by atoms with van der Waals surface area (Å²) in [6.07, 6.45) is 0.898. The van der Waals surface area contributed by atoms with Gasteiger partial charge in [0.1, 0.15) is 5.67 Å². The number of benzene rings is 1. The van der Waals surface area contributed by atoms with Gasteiger partial charge in [0.15, 0.2) is 0 Å². The van der Waals surface area contributed by atoms with Gasteiger partial charge in [0, 0.05) is 0 Å². The Labute approximate surface area is 79.8 Å². The molecule has 0 aliphatic heterocycles. The third-order valence-electron chi connectivity index (χ3n) is 2.40. The van der Waals surface area contributed by atoms with Crippen molar-refractivity contribution in [2.45, 2.75) is 39.8 Å². The van der Waals surface area contributed by atoms with Crippen LogP contribution in [0.25, 0.3) is 0 Å². The number of rotatable bonds is 2. The quantitative estimate of drug-likeness (QED) is 0.650. The predicted molar refractivity (Wildman–Crippen MR) is 54.7 cm³/mol. The minimum Gasteiger partial charge on any atom is -0.239 e. The van der Waals surface area contributed by atoms with Gasteiger partial charge in [0.05, 0.1) is 0 Å². The number of alkyl halides is 1. The first-order valence-corrected chi connectivity index (χ1v) is 4.74. The molecule has 1 rings (SSSR count). The molecule has 72 valence electrons.